The summed E-state index contributed by atoms with van der Waals surface area (Å²) in [5.74, 6) is 0.394. The van der Waals surface area contributed by atoms with Crippen LogP contribution in [-0.4, -0.2) is 11.7 Å². The molecule has 0 amide bonds. The van der Waals surface area contributed by atoms with Gasteiger partial charge in [0.1, 0.15) is 5.75 Å². The molecular formula is C15H22BrNO. The number of nitrogens with two attached hydrogens (primary N) is 1. The Morgan fingerprint density at radius 1 is 1.28 bits per heavy atom. The molecule has 0 heterocycles. The molecule has 100 valence electrons. The van der Waals surface area contributed by atoms with E-state index in [-0.39, 0.29) is 5.41 Å². The highest BCUT2D eigenvalue weighted by Crippen LogP contribution is 2.46. The number of rotatable bonds is 2. The van der Waals surface area contributed by atoms with E-state index in [1.165, 1.54) is 30.4 Å². The van der Waals surface area contributed by atoms with Gasteiger partial charge in [-0.1, -0.05) is 19.3 Å². The minimum Gasteiger partial charge on any atom is -0.506 e. The maximum Gasteiger partial charge on any atom is 0.133 e. The minimum atomic E-state index is -0.0268. The molecule has 0 saturated heterocycles. The lowest BCUT2D eigenvalue weighted by molar-refractivity contribution is 0.289. The van der Waals surface area contributed by atoms with E-state index in [4.69, 9.17) is 5.73 Å². The molecule has 18 heavy (non-hydrogen) atoms. The smallest absolute Gasteiger partial charge is 0.133 e. The third-order valence-corrected chi connectivity index (χ3v) is 5.11. The van der Waals surface area contributed by atoms with Gasteiger partial charge in [-0.3, -0.25) is 0 Å². The summed E-state index contributed by atoms with van der Waals surface area (Å²) in [7, 11) is 0. The maximum atomic E-state index is 10.4. The number of hydrogen-bond acceptors (Lipinski definition) is 2. The quantitative estimate of drug-likeness (QED) is 0.869. The third-order valence-electron chi connectivity index (χ3n) is 4.50. The number of phenols is 1. The van der Waals surface area contributed by atoms with Crippen LogP contribution >= 0.6 is 15.9 Å². The average Bonchev–Trinajstić information content (AvgIpc) is 2.38. The van der Waals surface area contributed by atoms with E-state index in [0.717, 1.165) is 22.9 Å². The molecule has 3 heteroatoms. The van der Waals surface area contributed by atoms with Crippen LogP contribution in [0.4, 0.5) is 0 Å². The van der Waals surface area contributed by atoms with Crippen LogP contribution in [0.2, 0.25) is 0 Å². The first-order valence-electron chi connectivity index (χ1n) is 6.71. The fourth-order valence-electron chi connectivity index (χ4n) is 3.29. The molecule has 0 atom stereocenters. The monoisotopic (exact) mass is 311 g/mol. The summed E-state index contributed by atoms with van der Waals surface area (Å²) in [6, 6.07) is 1.99. The summed E-state index contributed by atoms with van der Waals surface area (Å²) >= 11 is 3.46. The predicted molar refractivity (Wildman–Crippen MR) is 79.1 cm³/mol. The van der Waals surface area contributed by atoms with Crippen LogP contribution in [0.3, 0.4) is 0 Å². The Morgan fingerprint density at radius 2 is 1.89 bits per heavy atom. The summed E-state index contributed by atoms with van der Waals surface area (Å²) < 4.78 is 0.791. The summed E-state index contributed by atoms with van der Waals surface area (Å²) in [5, 5.41) is 10.4. The molecule has 1 saturated carbocycles. The van der Waals surface area contributed by atoms with Crippen molar-refractivity contribution in [3.05, 3.63) is 27.2 Å². The Morgan fingerprint density at radius 3 is 2.44 bits per heavy atom. The maximum absolute atomic E-state index is 10.4. The first-order valence-corrected chi connectivity index (χ1v) is 7.50. The van der Waals surface area contributed by atoms with Crippen LogP contribution < -0.4 is 5.73 Å². The van der Waals surface area contributed by atoms with Crippen molar-refractivity contribution in [1.29, 1.82) is 0 Å². The summed E-state index contributed by atoms with van der Waals surface area (Å²) in [4.78, 5) is 0. The molecule has 1 fully saturated rings. The molecule has 0 aromatic heterocycles. The highest BCUT2D eigenvalue weighted by atomic mass is 79.9. The van der Waals surface area contributed by atoms with Crippen molar-refractivity contribution in [2.24, 2.45) is 5.73 Å². The molecule has 0 bridgehead atoms. The van der Waals surface area contributed by atoms with Crippen molar-refractivity contribution in [2.45, 2.75) is 51.4 Å². The number of aryl methyl sites for hydroxylation is 1. The number of aromatic hydroxyl groups is 1. The zero-order valence-corrected chi connectivity index (χ0v) is 12.8. The minimum absolute atomic E-state index is 0.0268. The lowest BCUT2D eigenvalue weighted by atomic mass is 9.67. The molecule has 1 aliphatic carbocycles. The van der Waals surface area contributed by atoms with Gasteiger partial charge in [0, 0.05) is 17.5 Å². The van der Waals surface area contributed by atoms with Gasteiger partial charge >= 0.3 is 0 Å². The van der Waals surface area contributed by atoms with Crippen molar-refractivity contribution < 1.29 is 5.11 Å². The van der Waals surface area contributed by atoms with Crippen molar-refractivity contribution in [2.75, 3.05) is 6.54 Å². The molecular weight excluding hydrogens is 290 g/mol. The van der Waals surface area contributed by atoms with Gasteiger partial charge in [0.05, 0.1) is 4.47 Å². The molecule has 0 radical (unpaired) electrons. The average molecular weight is 312 g/mol. The van der Waals surface area contributed by atoms with Crippen LogP contribution in [0.1, 0.15) is 48.8 Å². The van der Waals surface area contributed by atoms with Gasteiger partial charge in [-0.15, -0.1) is 0 Å². The van der Waals surface area contributed by atoms with Crippen LogP contribution in [0.15, 0.2) is 10.5 Å². The lowest BCUT2D eigenvalue weighted by Gasteiger charge is -2.38. The van der Waals surface area contributed by atoms with Gasteiger partial charge in [-0.05, 0) is 59.8 Å². The Kier molecular flexibility index (Phi) is 4.02. The second-order valence-electron chi connectivity index (χ2n) is 5.57. The standard InChI is InChI=1S/C15H22BrNO/c1-10-8-12(16)14(18)13(11(10)2)15(9-17)6-4-3-5-7-15/h8,18H,3-7,9,17H2,1-2H3. The Bertz CT molecular complexity index is 424. The first kappa shape index (κ1) is 13.9. The first-order chi connectivity index (χ1) is 8.52. The number of phenolic OH excluding ortho intramolecular Hbond substituents is 1. The van der Waals surface area contributed by atoms with E-state index < -0.39 is 0 Å². The van der Waals surface area contributed by atoms with E-state index in [2.05, 4.69) is 29.8 Å². The van der Waals surface area contributed by atoms with Crippen LogP contribution in [0.5, 0.6) is 5.75 Å². The van der Waals surface area contributed by atoms with Crippen LogP contribution in [0.25, 0.3) is 0 Å². The summed E-state index contributed by atoms with van der Waals surface area (Å²) in [6.07, 6.45) is 5.89. The van der Waals surface area contributed by atoms with Crippen molar-refractivity contribution in [3.63, 3.8) is 0 Å². The Hall–Kier alpha value is -0.540. The van der Waals surface area contributed by atoms with Crippen LogP contribution in [0, 0.1) is 13.8 Å². The van der Waals surface area contributed by atoms with Gasteiger partial charge in [0.2, 0.25) is 0 Å². The highest BCUT2D eigenvalue weighted by molar-refractivity contribution is 9.10. The highest BCUT2D eigenvalue weighted by Gasteiger charge is 2.36. The van der Waals surface area contributed by atoms with E-state index in [1.54, 1.807) is 0 Å². The third kappa shape index (κ3) is 2.19. The molecule has 2 rings (SSSR count). The largest absolute Gasteiger partial charge is 0.506 e. The van der Waals surface area contributed by atoms with E-state index in [9.17, 15) is 5.11 Å². The second kappa shape index (κ2) is 5.22. The van der Waals surface area contributed by atoms with Crippen molar-refractivity contribution >= 4 is 15.9 Å². The van der Waals surface area contributed by atoms with E-state index >= 15 is 0 Å². The van der Waals surface area contributed by atoms with Gasteiger partial charge < -0.3 is 10.8 Å². The zero-order chi connectivity index (χ0) is 13.3. The van der Waals surface area contributed by atoms with Crippen molar-refractivity contribution in [1.82, 2.24) is 0 Å². The fraction of sp³-hybridized carbons (Fsp3) is 0.600. The van der Waals surface area contributed by atoms with Gasteiger partial charge in [-0.25, -0.2) is 0 Å². The molecule has 1 aliphatic rings. The molecule has 0 unspecified atom stereocenters. The van der Waals surface area contributed by atoms with Crippen LogP contribution in [-0.2, 0) is 5.41 Å². The summed E-state index contributed by atoms with van der Waals surface area (Å²) in [6.45, 7) is 4.82. The van der Waals surface area contributed by atoms with Gasteiger partial charge in [0.15, 0.2) is 0 Å². The number of hydrogen-bond donors (Lipinski definition) is 2. The predicted octanol–water partition coefficient (Wildman–Crippen LogP) is 3.93. The Balaban J connectivity index is 2.61. The van der Waals surface area contributed by atoms with Gasteiger partial charge in [-0.2, -0.15) is 0 Å². The lowest BCUT2D eigenvalue weighted by Crippen LogP contribution is -2.38. The number of benzene rings is 1. The second-order valence-corrected chi connectivity index (χ2v) is 6.42. The fourth-order valence-corrected chi connectivity index (χ4v) is 3.84. The summed E-state index contributed by atoms with van der Waals surface area (Å²) in [5.41, 5.74) is 9.55. The molecule has 2 nitrogen and oxygen atoms in total. The van der Waals surface area contributed by atoms with E-state index in [1.807, 2.05) is 6.07 Å². The number of halogens is 1. The molecule has 0 aliphatic heterocycles. The molecule has 1 aromatic rings. The molecule has 0 spiro atoms. The van der Waals surface area contributed by atoms with Crippen molar-refractivity contribution in [3.8, 4) is 5.75 Å². The van der Waals surface area contributed by atoms with Gasteiger partial charge in [0.25, 0.3) is 0 Å². The molecule has 3 N–H and O–H groups in total. The van der Waals surface area contributed by atoms with E-state index in [0.29, 0.717) is 12.3 Å². The molecule has 1 aromatic carbocycles. The SMILES string of the molecule is Cc1cc(Br)c(O)c(C2(CN)CCCCC2)c1C. The topological polar surface area (TPSA) is 46.2 Å². The normalized spacial score (nSPS) is 18.9. The Labute approximate surface area is 118 Å². The zero-order valence-electron chi connectivity index (χ0n) is 11.2.